The predicted octanol–water partition coefficient (Wildman–Crippen LogP) is 1.76. The van der Waals surface area contributed by atoms with Gasteiger partial charge in [0.1, 0.15) is 0 Å². The number of nitrogens with two attached hydrogens (primary N) is 1. The molecule has 3 nitrogen and oxygen atoms in total. The Hall–Kier alpha value is -0.570. The molecule has 0 aromatic carbocycles. The van der Waals surface area contributed by atoms with Gasteiger partial charge in [-0.2, -0.15) is 0 Å². The van der Waals surface area contributed by atoms with Gasteiger partial charge in [0.15, 0.2) is 0 Å². The lowest BCUT2D eigenvalue weighted by Gasteiger charge is -2.47. The highest BCUT2D eigenvalue weighted by Crippen LogP contribution is 2.43. The van der Waals surface area contributed by atoms with Crippen molar-refractivity contribution in [2.75, 3.05) is 0 Å². The van der Waals surface area contributed by atoms with Crippen molar-refractivity contribution in [1.82, 2.24) is 0 Å². The predicted molar refractivity (Wildman–Crippen MR) is 51.4 cm³/mol. The molecule has 0 amide bonds. The van der Waals surface area contributed by atoms with Gasteiger partial charge in [0.2, 0.25) is 0 Å². The molecule has 1 unspecified atom stereocenters. The zero-order valence-electron chi connectivity index (χ0n) is 8.47. The molecule has 0 saturated heterocycles. The molecule has 0 spiro atoms. The van der Waals surface area contributed by atoms with Gasteiger partial charge in [-0.25, -0.2) is 0 Å². The molecule has 1 fully saturated rings. The fraction of sp³-hybridized carbons (Fsp3) is 0.900. The highest BCUT2D eigenvalue weighted by molar-refractivity contribution is 5.68. The summed E-state index contributed by atoms with van der Waals surface area (Å²) in [7, 11) is 0. The lowest BCUT2D eigenvalue weighted by molar-refractivity contribution is -0.140. The van der Waals surface area contributed by atoms with Gasteiger partial charge in [0, 0.05) is 5.54 Å². The smallest absolute Gasteiger partial charge is 0.305 e. The van der Waals surface area contributed by atoms with Crippen LogP contribution in [0, 0.1) is 5.41 Å². The van der Waals surface area contributed by atoms with E-state index in [-0.39, 0.29) is 11.8 Å². The molecule has 0 bridgehead atoms. The number of hydrogen-bond donors (Lipinski definition) is 2. The SMILES string of the molecule is CC1(C)CCCCC1(N)CC(=O)O. The molecule has 0 aromatic heterocycles. The van der Waals surface area contributed by atoms with Crippen LogP contribution in [0.5, 0.6) is 0 Å². The molecule has 3 heteroatoms. The minimum atomic E-state index is -0.780. The van der Waals surface area contributed by atoms with Crippen molar-refractivity contribution >= 4 is 5.97 Å². The minimum absolute atomic E-state index is 0.0381. The van der Waals surface area contributed by atoms with Crippen LogP contribution in [0.3, 0.4) is 0 Å². The zero-order valence-corrected chi connectivity index (χ0v) is 8.47. The molecule has 0 heterocycles. The van der Waals surface area contributed by atoms with Gasteiger partial charge in [0.25, 0.3) is 0 Å². The summed E-state index contributed by atoms with van der Waals surface area (Å²) in [5.41, 5.74) is 5.62. The van der Waals surface area contributed by atoms with Crippen LogP contribution in [0.1, 0.15) is 46.0 Å². The number of rotatable bonds is 2. The third-order valence-electron chi connectivity index (χ3n) is 3.49. The van der Waals surface area contributed by atoms with E-state index in [4.69, 9.17) is 10.8 Å². The first kappa shape index (κ1) is 10.5. The van der Waals surface area contributed by atoms with Crippen LogP contribution >= 0.6 is 0 Å². The lowest BCUT2D eigenvalue weighted by atomic mass is 9.62. The quantitative estimate of drug-likeness (QED) is 0.689. The van der Waals surface area contributed by atoms with Crippen molar-refractivity contribution in [3.63, 3.8) is 0 Å². The van der Waals surface area contributed by atoms with Crippen LogP contribution in [-0.2, 0) is 4.79 Å². The molecular formula is C10H19NO2. The van der Waals surface area contributed by atoms with Gasteiger partial charge < -0.3 is 10.8 Å². The number of aliphatic carboxylic acids is 1. The second-order valence-corrected chi connectivity index (χ2v) is 4.82. The molecule has 1 atom stereocenters. The molecule has 3 N–H and O–H groups in total. The van der Waals surface area contributed by atoms with E-state index in [0.29, 0.717) is 0 Å². The second-order valence-electron chi connectivity index (χ2n) is 4.82. The van der Waals surface area contributed by atoms with Gasteiger partial charge in [0.05, 0.1) is 6.42 Å². The highest BCUT2D eigenvalue weighted by atomic mass is 16.4. The van der Waals surface area contributed by atoms with Gasteiger partial charge >= 0.3 is 5.97 Å². The van der Waals surface area contributed by atoms with Gasteiger partial charge in [-0.05, 0) is 18.3 Å². The largest absolute Gasteiger partial charge is 0.481 e. The first-order valence-electron chi connectivity index (χ1n) is 4.88. The van der Waals surface area contributed by atoms with E-state index in [1.165, 1.54) is 6.42 Å². The molecule has 1 saturated carbocycles. The van der Waals surface area contributed by atoms with Crippen LogP contribution in [-0.4, -0.2) is 16.6 Å². The molecule has 13 heavy (non-hydrogen) atoms. The summed E-state index contributed by atoms with van der Waals surface area (Å²) in [6, 6.07) is 0. The van der Waals surface area contributed by atoms with Gasteiger partial charge in [-0.1, -0.05) is 26.7 Å². The maximum absolute atomic E-state index is 10.7. The Balaban J connectivity index is 2.77. The molecule has 0 aliphatic heterocycles. The van der Waals surface area contributed by atoms with E-state index in [1.807, 2.05) is 0 Å². The Morgan fingerprint density at radius 3 is 2.38 bits per heavy atom. The molecular weight excluding hydrogens is 166 g/mol. The molecule has 0 radical (unpaired) electrons. The van der Waals surface area contributed by atoms with E-state index < -0.39 is 11.5 Å². The Morgan fingerprint density at radius 2 is 1.92 bits per heavy atom. The number of carboxylic acids is 1. The van der Waals surface area contributed by atoms with Crippen molar-refractivity contribution in [3.8, 4) is 0 Å². The summed E-state index contributed by atoms with van der Waals surface area (Å²) in [4.78, 5) is 10.7. The maximum Gasteiger partial charge on any atom is 0.305 e. The van der Waals surface area contributed by atoms with E-state index in [0.717, 1.165) is 19.3 Å². The number of carbonyl (C=O) groups is 1. The van der Waals surface area contributed by atoms with Crippen LogP contribution < -0.4 is 5.73 Å². The molecule has 1 rings (SSSR count). The van der Waals surface area contributed by atoms with Crippen LogP contribution in [0.15, 0.2) is 0 Å². The normalized spacial score (nSPS) is 32.8. The zero-order chi connectivity index (χ0) is 10.1. The molecule has 1 aliphatic carbocycles. The average molecular weight is 185 g/mol. The Labute approximate surface area is 79.3 Å². The van der Waals surface area contributed by atoms with E-state index in [2.05, 4.69) is 13.8 Å². The third kappa shape index (κ3) is 2.02. The van der Waals surface area contributed by atoms with Crippen molar-refractivity contribution in [2.24, 2.45) is 11.1 Å². The molecule has 1 aliphatic rings. The van der Waals surface area contributed by atoms with Crippen LogP contribution in [0.25, 0.3) is 0 Å². The van der Waals surface area contributed by atoms with E-state index in [1.54, 1.807) is 0 Å². The summed E-state index contributed by atoms with van der Waals surface area (Å²) in [5, 5.41) is 8.78. The summed E-state index contributed by atoms with van der Waals surface area (Å²) >= 11 is 0. The van der Waals surface area contributed by atoms with Crippen molar-refractivity contribution in [1.29, 1.82) is 0 Å². The van der Waals surface area contributed by atoms with Gasteiger partial charge in [-0.3, -0.25) is 4.79 Å². The first-order chi connectivity index (χ1) is 5.87. The van der Waals surface area contributed by atoms with Gasteiger partial charge in [-0.15, -0.1) is 0 Å². The summed E-state index contributed by atoms with van der Waals surface area (Å²) in [5.74, 6) is -0.780. The summed E-state index contributed by atoms with van der Waals surface area (Å²) in [6.07, 6.45) is 4.21. The fourth-order valence-corrected chi connectivity index (χ4v) is 2.19. The summed E-state index contributed by atoms with van der Waals surface area (Å²) < 4.78 is 0. The van der Waals surface area contributed by atoms with Crippen molar-refractivity contribution in [3.05, 3.63) is 0 Å². The van der Waals surface area contributed by atoms with E-state index >= 15 is 0 Å². The minimum Gasteiger partial charge on any atom is -0.481 e. The van der Waals surface area contributed by atoms with Crippen molar-refractivity contribution in [2.45, 2.75) is 51.5 Å². The molecule has 76 valence electrons. The fourth-order valence-electron chi connectivity index (χ4n) is 2.19. The Morgan fingerprint density at radius 1 is 1.38 bits per heavy atom. The highest BCUT2D eigenvalue weighted by Gasteiger charge is 2.44. The third-order valence-corrected chi connectivity index (χ3v) is 3.49. The summed E-state index contributed by atoms with van der Waals surface area (Å²) in [6.45, 7) is 4.16. The Kier molecular flexibility index (Phi) is 2.66. The van der Waals surface area contributed by atoms with Crippen molar-refractivity contribution < 1.29 is 9.90 Å². The average Bonchev–Trinajstić information content (AvgIpc) is 1.94. The van der Waals surface area contributed by atoms with E-state index in [9.17, 15) is 4.79 Å². The lowest BCUT2D eigenvalue weighted by Crippen LogP contribution is -2.55. The standard InChI is InChI=1S/C10H19NO2/c1-9(2)5-3-4-6-10(9,11)7-8(12)13/h3-7,11H2,1-2H3,(H,12,13). The van der Waals surface area contributed by atoms with Crippen LogP contribution in [0.2, 0.25) is 0 Å². The topological polar surface area (TPSA) is 63.3 Å². The number of carboxylic acid groups (broad SMARTS) is 1. The maximum atomic E-state index is 10.7. The Bertz CT molecular complexity index is 213. The van der Waals surface area contributed by atoms with Crippen LogP contribution in [0.4, 0.5) is 0 Å². The second kappa shape index (κ2) is 3.29. The first-order valence-corrected chi connectivity index (χ1v) is 4.88. The monoisotopic (exact) mass is 185 g/mol. The number of hydrogen-bond acceptors (Lipinski definition) is 2. The molecule has 0 aromatic rings.